The summed E-state index contributed by atoms with van der Waals surface area (Å²) in [5, 5.41) is 4.59. The van der Waals surface area contributed by atoms with Crippen LogP contribution >= 0.6 is 11.6 Å². The molecule has 1 amide bonds. The van der Waals surface area contributed by atoms with E-state index in [2.05, 4.69) is 10.1 Å². The van der Waals surface area contributed by atoms with Gasteiger partial charge >= 0.3 is 0 Å². The summed E-state index contributed by atoms with van der Waals surface area (Å²) >= 11 is 6.11. The Bertz CT molecular complexity index is 897. The largest absolute Gasteiger partial charge is 0.479 e. The van der Waals surface area contributed by atoms with E-state index in [-0.39, 0.29) is 11.9 Å². The maximum Gasteiger partial charge on any atom is 0.263 e. The first-order chi connectivity index (χ1) is 13.0. The molecule has 2 unspecified atom stereocenters. The van der Waals surface area contributed by atoms with Crippen molar-refractivity contribution in [1.82, 2.24) is 19.7 Å². The average Bonchev–Trinajstić information content (AvgIpc) is 3.23. The van der Waals surface area contributed by atoms with Gasteiger partial charge in [-0.05, 0) is 43.7 Å². The van der Waals surface area contributed by atoms with Gasteiger partial charge in [-0.15, -0.1) is 0 Å². The van der Waals surface area contributed by atoms with Gasteiger partial charge in [0.15, 0.2) is 6.10 Å². The number of para-hydroxylation sites is 1. The Labute approximate surface area is 163 Å². The molecule has 1 heterocycles. The van der Waals surface area contributed by atoms with E-state index < -0.39 is 6.10 Å². The van der Waals surface area contributed by atoms with Crippen LogP contribution in [0, 0.1) is 0 Å². The molecular formula is C20H21ClN4O2. The van der Waals surface area contributed by atoms with Gasteiger partial charge in [-0.1, -0.05) is 35.9 Å². The minimum absolute atomic E-state index is 0.111. The third-order valence-electron chi connectivity index (χ3n) is 4.48. The van der Waals surface area contributed by atoms with E-state index in [1.165, 1.54) is 6.33 Å². The van der Waals surface area contributed by atoms with Crippen LogP contribution in [0.1, 0.15) is 25.5 Å². The maximum atomic E-state index is 12.8. The van der Waals surface area contributed by atoms with Crippen molar-refractivity contribution in [1.29, 1.82) is 0 Å². The topological polar surface area (TPSA) is 60.2 Å². The molecule has 3 rings (SSSR count). The summed E-state index contributed by atoms with van der Waals surface area (Å²) in [4.78, 5) is 18.4. The number of halogens is 1. The van der Waals surface area contributed by atoms with E-state index in [1.807, 2.05) is 43.3 Å². The number of carbonyl (C=O) groups is 1. The van der Waals surface area contributed by atoms with E-state index in [9.17, 15) is 4.79 Å². The first-order valence-corrected chi connectivity index (χ1v) is 8.98. The molecular weight excluding hydrogens is 364 g/mol. The second-order valence-corrected chi connectivity index (χ2v) is 6.65. The van der Waals surface area contributed by atoms with Gasteiger partial charge in [0, 0.05) is 7.05 Å². The van der Waals surface area contributed by atoms with Crippen LogP contribution in [0.25, 0.3) is 5.69 Å². The fraction of sp³-hybridized carbons (Fsp3) is 0.250. The predicted molar refractivity (Wildman–Crippen MR) is 104 cm³/mol. The van der Waals surface area contributed by atoms with E-state index >= 15 is 0 Å². The summed E-state index contributed by atoms with van der Waals surface area (Å²) in [6, 6.07) is 14.9. The molecule has 0 spiro atoms. The third-order valence-corrected chi connectivity index (χ3v) is 4.79. The number of rotatable bonds is 6. The fourth-order valence-electron chi connectivity index (χ4n) is 2.73. The summed E-state index contributed by atoms with van der Waals surface area (Å²) in [7, 11) is 1.77. The second kappa shape index (κ2) is 8.22. The Hall–Kier alpha value is -2.86. The van der Waals surface area contributed by atoms with E-state index in [0.29, 0.717) is 10.8 Å². The number of nitrogens with zero attached hydrogens (tertiary/aromatic N) is 4. The summed E-state index contributed by atoms with van der Waals surface area (Å²) in [5.41, 5.74) is 1.92. The molecule has 0 saturated heterocycles. The molecule has 0 aliphatic rings. The van der Waals surface area contributed by atoms with Crippen LogP contribution in [-0.2, 0) is 4.79 Å². The molecule has 2 aromatic carbocycles. The molecule has 0 saturated carbocycles. The molecule has 0 radical (unpaired) electrons. The Morgan fingerprint density at radius 2 is 1.85 bits per heavy atom. The van der Waals surface area contributed by atoms with Gasteiger partial charge in [-0.25, -0.2) is 9.67 Å². The van der Waals surface area contributed by atoms with E-state index in [0.717, 1.165) is 11.3 Å². The van der Waals surface area contributed by atoms with Crippen LogP contribution < -0.4 is 4.74 Å². The Balaban J connectivity index is 1.67. The zero-order chi connectivity index (χ0) is 19.4. The molecule has 0 bridgehead atoms. The molecule has 1 aromatic heterocycles. The van der Waals surface area contributed by atoms with Crippen molar-refractivity contribution in [3.63, 3.8) is 0 Å². The number of likely N-dealkylation sites (N-methyl/N-ethyl adjacent to an activating group) is 1. The molecule has 2 atom stereocenters. The van der Waals surface area contributed by atoms with Gasteiger partial charge in [-0.2, -0.15) is 5.10 Å². The number of hydrogen-bond acceptors (Lipinski definition) is 4. The van der Waals surface area contributed by atoms with Crippen LogP contribution in [0.4, 0.5) is 0 Å². The highest BCUT2D eigenvalue weighted by atomic mass is 35.5. The monoisotopic (exact) mass is 384 g/mol. The standard InChI is InChI=1S/C20H21ClN4O2/c1-14(16-8-10-17(11-9-16)25-13-22-12-23-25)24(3)20(26)15(2)27-19-7-5-4-6-18(19)21/h4-15H,1-3H3. The average molecular weight is 385 g/mol. The number of hydrogen-bond donors (Lipinski definition) is 0. The van der Waals surface area contributed by atoms with Gasteiger partial charge in [0.25, 0.3) is 5.91 Å². The lowest BCUT2D eigenvalue weighted by Crippen LogP contribution is -2.39. The van der Waals surface area contributed by atoms with Gasteiger partial charge in [-0.3, -0.25) is 4.79 Å². The minimum Gasteiger partial charge on any atom is -0.479 e. The molecule has 0 aliphatic heterocycles. The van der Waals surface area contributed by atoms with Crippen LogP contribution in [-0.4, -0.2) is 38.7 Å². The van der Waals surface area contributed by atoms with Gasteiger partial charge in [0.2, 0.25) is 0 Å². The second-order valence-electron chi connectivity index (χ2n) is 6.25. The van der Waals surface area contributed by atoms with E-state index in [1.54, 1.807) is 42.0 Å². The van der Waals surface area contributed by atoms with Crippen molar-refractivity contribution in [2.75, 3.05) is 7.05 Å². The van der Waals surface area contributed by atoms with Crippen molar-refractivity contribution in [2.24, 2.45) is 0 Å². The molecule has 140 valence electrons. The molecule has 27 heavy (non-hydrogen) atoms. The van der Waals surface area contributed by atoms with Crippen LogP contribution in [0.3, 0.4) is 0 Å². The van der Waals surface area contributed by atoms with Gasteiger partial charge in [0.05, 0.1) is 16.8 Å². The fourth-order valence-corrected chi connectivity index (χ4v) is 2.91. The normalized spacial score (nSPS) is 13.0. The number of benzene rings is 2. The van der Waals surface area contributed by atoms with Crippen molar-refractivity contribution in [3.8, 4) is 11.4 Å². The van der Waals surface area contributed by atoms with Crippen LogP contribution in [0.2, 0.25) is 5.02 Å². The smallest absolute Gasteiger partial charge is 0.263 e. The van der Waals surface area contributed by atoms with Crippen molar-refractivity contribution in [2.45, 2.75) is 26.0 Å². The van der Waals surface area contributed by atoms with Crippen LogP contribution in [0.5, 0.6) is 5.75 Å². The van der Waals surface area contributed by atoms with Crippen molar-refractivity contribution < 1.29 is 9.53 Å². The zero-order valence-corrected chi connectivity index (χ0v) is 16.2. The molecule has 7 heteroatoms. The lowest BCUT2D eigenvalue weighted by atomic mass is 10.1. The number of carbonyl (C=O) groups excluding carboxylic acids is 1. The van der Waals surface area contributed by atoms with Gasteiger partial charge in [0.1, 0.15) is 18.4 Å². The molecule has 0 aliphatic carbocycles. The first kappa shape index (κ1) is 18.9. The zero-order valence-electron chi connectivity index (χ0n) is 15.4. The molecule has 6 nitrogen and oxygen atoms in total. The lowest BCUT2D eigenvalue weighted by Gasteiger charge is -2.28. The minimum atomic E-state index is -0.647. The highest BCUT2D eigenvalue weighted by Crippen LogP contribution is 2.26. The summed E-state index contributed by atoms with van der Waals surface area (Å²) in [6.07, 6.45) is 2.48. The Morgan fingerprint density at radius 3 is 2.48 bits per heavy atom. The molecule has 0 fully saturated rings. The highest BCUT2D eigenvalue weighted by molar-refractivity contribution is 6.32. The van der Waals surface area contributed by atoms with E-state index in [4.69, 9.17) is 16.3 Å². The predicted octanol–water partition coefficient (Wildman–Crippen LogP) is 3.91. The SMILES string of the molecule is CC(Oc1ccccc1Cl)C(=O)N(C)C(C)c1ccc(-n2cncn2)cc1. The lowest BCUT2D eigenvalue weighted by molar-refractivity contribution is -0.138. The third kappa shape index (κ3) is 4.28. The summed E-state index contributed by atoms with van der Waals surface area (Å²) in [6.45, 7) is 3.70. The molecule has 0 N–H and O–H groups in total. The Kier molecular flexibility index (Phi) is 5.76. The number of ether oxygens (including phenoxy) is 1. The first-order valence-electron chi connectivity index (χ1n) is 8.60. The quantitative estimate of drug-likeness (QED) is 0.646. The highest BCUT2D eigenvalue weighted by Gasteiger charge is 2.24. The van der Waals surface area contributed by atoms with Crippen molar-refractivity contribution in [3.05, 3.63) is 71.8 Å². The van der Waals surface area contributed by atoms with Crippen LogP contribution in [0.15, 0.2) is 61.2 Å². The van der Waals surface area contributed by atoms with Crippen molar-refractivity contribution >= 4 is 17.5 Å². The maximum absolute atomic E-state index is 12.8. The van der Waals surface area contributed by atoms with Gasteiger partial charge < -0.3 is 9.64 Å². The molecule has 3 aromatic rings. The number of aromatic nitrogens is 3. The number of amides is 1. The Morgan fingerprint density at radius 1 is 1.15 bits per heavy atom. The summed E-state index contributed by atoms with van der Waals surface area (Å²) < 4.78 is 7.42. The summed E-state index contributed by atoms with van der Waals surface area (Å²) in [5.74, 6) is 0.376.